The summed E-state index contributed by atoms with van der Waals surface area (Å²) in [5, 5.41) is 13.6. The van der Waals surface area contributed by atoms with Gasteiger partial charge in [-0.2, -0.15) is 16.7 Å². The van der Waals surface area contributed by atoms with Crippen LogP contribution >= 0.6 is 11.8 Å². The van der Waals surface area contributed by atoms with Crippen molar-refractivity contribution in [2.45, 2.75) is 43.1 Å². The molecule has 0 spiro atoms. The largest absolute Gasteiger partial charge is 0.476 e. The van der Waals surface area contributed by atoms with Crippen molar-refractivity contribution in [2.24, 2.45) is 0 Å². The Morgan fingerprint density at radius 1 is 1.43 bits per heavy atom. The van der Waals surface area contributed by atoms with Gasteiger partial charge >= 0.3 is 5.97 Å². The zero-order valence-electron chi connectivity index (χ0n) is 11.4. The average molecular weight is 308 g/mol. The summed E-state index contributed by atoms with van der Waals surface area (Å²) in [6, 6.07) is 0. The molecule has 1 aliphatic carbocycles. The molecule has 2 aromatic rings. The van der Waals surface area contributed by atoms with Crippen molar-refractivity contribution in [3.63, 3.8) is 0 Å². The van der Waals surface area contributed by atoms with Crippen LogP contribution in [0.25, 0.3) is 11.6 Å². The fourth-order valence-corrected chi connectivity index (χ4v) is 3.63. The van der Waals surface area contributed by atoms with E-state index >= 15 is 0 Å². The Hall–Kier alpha value is -1.83. The summed E-state index contributed by atoms with van der Waals surface area (Å²) in [6.45, 7) is 0. The number of rotatable bonds is 5. The van der Waals surface area contributed by atoms with Gasteiger partial charge in [0.25, 0.3) is 5.89 Å². The van der Waals surface area contributed by atoms with Crippen LogP contribution in [0.15, 0.2) is 10.9 Å². The van der Waals surface area contributed by atoms with E-state index in [9.17, 15) is 4.79 Å². The van der Waals surface area contributed by atoms with Crippen molar-refractivity contribution >= 4 is 17.7 Å². The van der Waals surface area contributed by atoms with Gasteiger partial charge in [-0.3, -0.25) is 0 Å². The lowest BCUT2D eigenvalue weighted by Gasteiger charge is -2.19. The third kappa shape index (κ3) is 3.26. The molecule has 0 aliphatic heterocycles. The van der Waals surface area contributed by atoms with Crippen LogP contribution in [0.3, 0.4) is 0 Å². The minimum Gasteiger partial charge on any atom is -0.476 e. The molecule has 3 rings (SSSR count). The number of aromatic carboxylic acids is 1. The SMILES string of the molecule is O=C(O)c1nc[nH]c1-c1nc(CSC2CCCCC2)no1. The molecule has 1 saturated carbocycles. The lowest BCUT2D eigenvalue weighted by Crippen LogP contribution is -2.08. The molecular weight excluding hydrogens is 292 g/mol. The molecule has 7 nitrogen and oxygen atoms in total. The molecule has 0 bridgehead atoms. The summed E-state index contributed by atoms with van der Waals surface area (Å²) in [6.07, 6.45) is 7.73. The lowest BCUT2D eigenvalue weighted by molar-refractivity contribution is 0.0691. The van der Waals surface area contributed by atoms with Gasteiger partial charge < -0.3 is 14.6 Å². The van der Waals surface area contributed by atoms with Crippen LogP contribution in [0.1, 0.15) is 48.4 Å². The maximum atomic E-state index is 11.0. The number of hydrogen-bond acceptors (Lipinski definition) is 6. The molecule has 0 amide bonds. The van der Waals surface area contributed by atoms with Gasteiger partial charge in [-0.25, -0.2) is 9.78 Å². The molecule has 21 heavy (non-hydrogen) atoms. The van der Waals surface area contributed by atoms with Crippen LogP contribution in [-0.2, 0) is 5.75 Å². The van der Waals surface area contributed by atoms with Crippen LogP contribution in [-0.4, -0.2) is 36.4 Å². The minimum atomic E-state index is -1.12. The van der Waals surface area contributed by atoms with E-state index in [0.717, 1.165) is 0 Å². The molecule has 0 unspecified atom stereocenters. The Morgan fingerprint density at radius 2 is 2.24 bits per heavy atom. The van der Waals surface area contributed by atoms with Gasteiger partial charge in [0, 0.05) is 5.25 Å². The fourth-order valence-electron chi connectivity index (χ4n) is 2.46. The fraction of sp³-hybridized carbons (Fsp3) is 0.538. The number of nitrogens with zero attached hydrogens (tertiary/aromatic N) is 3. The number of carboxylic acid groups (broad SMARTS) is 1. The minimum absolute atomic E-state index is 0.106. The smallest absolute Gasteiger partial charge is 0.356 e. The van der Waals surface area contributed by atoms with Gasteiger partial charge in [-0.1, -0.05) is 24.4 Å². The molecule has 112 valence electrons. The molecule has 8 heteroatoms. The van der Waals surface area contributed by atoms with Crippen LogP contribution in [0, 0.1) is 0 Å². The third-order valence-corrected chi connectivity index (χ3v) is 4.89. The van der Waals surface area contributed by atoms with E-state index in [1.165, 1.54) is 38.4 Å². The van der Waals surface area contributed by atoms with Gasteiger partial charge in [0.1, 0.15) is 5.69 Å². The van der Waals surface area contributed by atoms with Gasteiger partial charge in [0.15, 0.2) is 11.5 Å². The Labute approximate surface area is 125 Å². The molecule has 2 N–H and O–H groups in total. The van der Waals surface area contributed by atoms with E-state index in [0.29, 0.717) is 16.8 Å². The van der Waals surface area contributed by atoms with E-state index in [1.54, 1.807) is 0 Å². The van der Waals surface area contributed by atoms with Crippen molar-refractivity contribution in [1.82, 2.24) is 20.1 Å². The lowest BCUT2D eigenvalue weighted by atomic mass is 10.0. The first kappa shape index (κ1) is 14.1. The van der Waals surface area contributed by atoms with E-state index in [2.05, 4.69) is 20.1 Å². The van der Waals surface area contributed by atoms with Gasteiger partial charge in [-0.05, 0) is 12.8 Å². The second-order valence-corrected chi connectivity index (χ2v) is 6.31. The Bertz CT molecular complexity index is 618. The second-order valence-electron chi connectivity index (χ2n) is 5.02. The van der Waals surface area contributed by atoms with Crippen molar-refractivity contribution < 1.29 is 14.4 Å². The standard InChI is InChI=1S/C13H16N4O3S/c18-13(19)11-10(14-7-15-11)12-16-9(17-20-12)6-21-8-4-2-1-3-5-8/h7-8H,1-6H2,(H,14,15)(H,18,19). The summed E-state index contributed by atoms with van der Waals surface area (Å²) in [5.74, 6) is 0.322. The van der Waals surface area contributed by atoms with Crippen molar-refractivity contribution in [3.05, 3.63) is 17.8 Å². The summed E-state index contributed by atoms with van der Waals surface area (Å²) in [5.41, 5.74) is 0.147. The first-order valence-electron chi connectivity index (χ1n) is 6.95. The number of imidazole rings is 1. The molecule has 0 radical (unpaired) electrons. The topological polar surface area (TPSA) is 105 Å². The first-order valence-corrected chi connectivity index (χ1v) is 8.00. The Balaban J connectivity index is 1.65. The number of nitrogens with one attached hydrogen (secondary N) is 1. The average Bonchev–Trinajstić information content (AvgIpc) is 3.15. The van der Waals surface area contributed by atoms with Gasteiger partial charge in [0.05, 0.1) is 12.1 Å². The quantitative estimate of drug-likeness (QED) is 0.874. The van der Waals surface area contributed by atoms with Crippen molar-refractivity contribution in [1.29, 1.82) is 0 Å². The normalized spacial score (nSPS) is 16.2. The Morgan fingerprint density at radius 3 is 3.00 bits per heavy atom. The first-order chi connectivity index (χ1) is 10.2. The number of carboxylic acids is 1. The van der Waals surface area contributed by atoms with E-state index < -0.39 is 5.97 Å². The molecule has 2 aromatic heterocycles. The van der Waals surface area contributed by atoms with Crippen LogP contribution in [0.2, 0.25) is 0 Å². The van der Waals surface area contributed by atoms with E-state index in [1.807, 2.05) is 11.8 Å². The molecular formula is C13H16N4O3S. The maximum Gasteiger partial charge on any atom is 0.356 e. The highest BCUT2D eigenvalue weighted by Crippen LogP contribution is 2.30. The van der Waals surface area contributed by atoms with Crippen LogP contribution < -0.4 is 0 Å². The number of hydrogen-bond donors (Lipinski definition) is 2. The summed E-state index contributed by atoms with van der Waals surface area (Å²) in [7, 11) is 0. The van der Waals surface area contributed by atoms with Gasteiger partial charge in [-0.15, -0.1) is 0 Å². The van der Waals surface area contributed by atoms with Crippen molar-refractivity contribution in [2.75, 3.05) is 0 Å². The highest BCUT2D eigenvalue weighted by Gasteiger charge is 2.21. The summed E-state index contributed by atoms with van der Waals surface area (Å²) >= 11 is 1.84. The monoisotopic (exact) mass is 308 g/mol. The van der Waals surface area contributed by atoms with Crippen LogP contribution in [0.4, 0.5) is 0 Å². The molecule has 1 aliphatic rings. The third-order valence-electron chi connectivity index (χ3n) is 3.52. The summed E-state index contributed by atoms with van der Waals surface area (Å²) < 4.78 is 5.13. The number of H-pyrrole nitrogens is 1. The summed E-state index contributed by atoms with van der Waals surface area (Å²) in [4.78, 5) is 21.7. The molecule has 0 saturated heterocycles. The highest BCUT2D eigenvalue weighted by atomic mass is 32.2. The number of thioether (sulfide) groups is 1. The van der Waals surface area contributed by atoms with E-state index in [4.69, 9.17) is 9.63 Å². The number of aromatic amines is 1. The zero-order valence-corrected chi connectivity index (χ0v) is 12.2. The maximum absolute atomic E-state index is 11.0. The second kappa shape index (κ2) is 6.30. The van der Waals surface area contributed by atoms with Crippen LogP contribution in [0.5, 0.6) is 0 Å². The predicted molar refractivity (Wildman–Crippen MR) is 77.0 cm³/mol. The van der Waals surface area contributed by atoms with Crippen molar-refractivity contribution in [3.8, 4) is 11.6 Å². The number of aromatic nitrogens is 4. The molecule has 0 aromatic carbocycles. The molecule has 1 fully saturated rings. The Kier molecular flexibility index (Phi) is 4.23. The molecule has 0 atom stereocenters. The molecule has 2 heterocycles. The number of carbonyl (C=O) groups is 1. The highest BCUT2D eigenvalue weighted by molar-refractivity contribution is 7.99. The van der Waals surface area contributed by atoms with Gasteiger partial charge in [0.2, 0.25) is 0 Å². The zero-order chi connectivity index (χ0) is 14.7. The van der Waals surface area contributed by atoms with E-state index in [-0.39, 0.29) is 17.3 Å². The predicted octanol–water partition coefficient (Wildman–Crippen LogP) is 2.72.